The number of piperidine rings is 1. The Bertz CT molecular complexity index is 1040. The van der Waals surface area contributed by atoms with E-state index in [0.29, 0.717) is 24.2 Å². The summed E-state index contributed by atoms with van der Waals surface area (Å²) in [5, 5.41) is 13.6. The van der Waals surface area contributed by atoms with Gasteiger partial charge in [0.25, 0.3) is 5.91 Å². The number of anilines is 1. The summed E-state index contributed by atoms with van der Waals surface area (Å²) in [5.41, 5.74) is 3.15. The van der Waals surface area contributed by atoms with Crippen molar-refractivity contribution >= 4 is 28.5 Å². The number of aromatic amines is 1. The molecule has 1 aromatic heterocycles. The Labute approximate surface area is 149 Å². The molecule has 2 aliphatic heterocycles. The van der Waals surface area contributed by atoms with E-state index < -0.39 is 5.41 Å². The minimum absolute atomic E-state index is 0.0110. The number of aromatic nitrogens is 3. The van der Waals surface area contributed by atoms with Crippen LogP contribution >= 0.6 is 0 Å². The van der Waals surface area contributed by atoms with Gasteiger partial charge < -0.3 is 10.2 Å². The van der Waals surface area contributed by atoms with Crippen molar-refractivity contribution in [2.45, 2.75) is 18.3 Å². The second kappa shape index (κ2) is 5.39. The molecule has 7 nitrogen and oxygen atoms in total. The van der Waals surface area contributed by atoms with Crippen molar-refractivity contribution in [1.29, 1.82) is 0 Å². The number of hydrogen-bond acceptors (Lipinski definition) is 4. The highest BCUT2D eigenvalue weighted by atomic mass is 16.2. The number of carbonyl (C=O) groups excluding carboxylic acids is 2. The molecule has 3 aromatic rings. The van der Waals surface area contributed by atoms with Gasteiger partial charge in [0.15, 0.2) is 0 Å². The summed E-state index contributed by atoms with van der Waals surface area (Å²) in [7, 11) is 0. The zero-order valence-electron chi connectivity index (χ0n) is 14.0. The molecule has 7 heteroatoms. The van der Waals surface area contributed by atoms with Crippen molar-refractivity contribution in [1.82, 2.24) is 20.3 Å². The van der Waals surface area contributed by atoms with E-state index in [0.717, 1.165) is 29.6 Å². The average molecular weight is 347 g/mol. The zero-order valence-corrected chi connectivity index (χ0v) is 14.0. The number of rotatable bonds is 1. The van der Waals surface area contributed by atoms with E-state index in [1.54, 1.807) is 23.1 Å². The summed E-state index contributed by atoms with van der Waals surface area (Å²) in [6.07, 6.45) is 1.54. The highest BCUT2D eigenvalue weighted by molar-refractivity contribution is 6.07. The Morgan fingerprint density at radius 3 is 2.88 bits per heavy atom. The molecular weight excluding hydrogens is 330 g/mol. The molecule has 1 spiro atoms. The minimum atomic E-state index is -0.650. The molecule has 130 valence electrons. The van der Waals surface area contributed by atoms with E-state index in [4.69, 9.17) is 0 Å². The molecule has 0 radical (unpaired) electrons. The number of fused-ring (bicyclic) bond motifs is 3. The minimum Gasteiger partial charge on any atom is -0.337 e. The molecule has 26 heavy (non-hydrogen) atoms. The lowest BCUT2D eigenvalue weighted by Crippen LogP contribution is -2.51. The second-order valence-electron chi connectivity index (χ2n) is 6.94. The lowest BCUT2D eigenvalue weighted by atomic mass is 9.75. The number of nitrogens with zero attached hydrogens (tertiary/aromatic N) is 3. The zero-order chi connectivity index (χ0) is 17.7. The Balaban J connectivity index is 1.49. The smallest absolute Gasteiger partial charge is 0.253 e. The van der Waals surface area contributed by atoms with E-state index in [1.807, 2.05) is 24.3 Å². The summed E-state index contributed by atoms with van der Waals surface area (Å²) in [5.74, 6) is -0.0886. The Kier molecular flexibility index (Phi) is 3.12. The van der Waals surface area contributed by atoms with Crippen LogP contribution in [0.15, 0.2) is 42.5 Å². The van der Waals surface area contributed by atoms with Gasteiger partial charge in [-0.3, -0.25) is 9.59 Å². The fraction of sp³-hybridized carbons (Fsp3) is 0.263. The number of amides is 2. The van der Waals surface area contributed by atoms with Gasteiger partial charge in [0.2, 0.25) is 5.91 Å². The Morgan fingerprint density at radius 1 is 1.12 bits per heavy atom. The summed E-state index contributed by atoms with van der Waals surface area (Å²) < 4.78 is 0. The predicted octanol–water partition coefficient (Wildman–Crippen LogP) is 2.08. The van der Waals surface area contributed by atoms with Gasteiger partial charge in [-0.1, -0.05) is 18.2 Å². The summed E-state index contributed by atoms with van der Waals surface area (Å²) in [6, 6.07) is 13.0. The molecule has 2 amide bonds. The largest absolute Gasteiger partial charge is 0.337 e. The molecule has 1 atom stereocenters. The van der Waals surface area contributed by atoms with E-state index in [-0.39, 0.29) is 11.8 Å². The van der Waals surface area contributed by atoms with Crippen LogP contribution in [-0.2, 0) is 10.2 Å². The van der Waals surface area contributed by atoms with Crippen LogP contribution in [0.1, 0.15) is 28.8 Å². The van der Waals surface area contributed by atoms with Crippen LogP contribution in [-0.4, -0.2) is 45.2 Å². The van der Waals surface area contributed by atoms with E-state index in [9.17, 15) is 9.59 Å². The number of para-hydroxylation sites is 1. The van der Waals surface area contributed by atoms with Crippen molar-refractivity contribution in [3.05, 3.63) is 53.6 Å². The van der Waals surface area contributed by atoms with Gasteiger partial charge in [-0.25, -0.2) is 0 Å². The number of hydrogen-bond donors (Lipinski definition) is 2. The molecular formula is C19H17N5O2. The molecule has 2 aromatic carbocycles. The molecule has 3 heterocycles. The molecule has 1 unspecified atom stereocenters. The van der Waals surface area contributed by atoms with Crippen LogP contribution in [0.5, 0.6) is 0 Å². The molecule has 1 saturated heterocycles. The predicted molar refractivity (Wildman–Crippen MR) is 95.8 cm³/mol. The molecule has 2 N–H and O–H groups in total. The fourth-order valence-corrected chi connectivity index (χ4v) is 4.16. The third-order valence-electron chi connectivity index (χ3n) is 5.47. The first-order valence-electron chi connectivity index (χ1n) is 8.68. The van der Waals surface area contributed by atoms with Crippen LogP contribution in [0, 0.1) is 0 Å². The number of H-pyrrole nitrogens is 1. The molecule has 2 aliphatic rings. The van der Waals surface area contributed by atoms with Crippen molar-refractivity contribution in [3.63, 3.8) is 0 Å². The Morgan fingerprint density at radius 2 is 1.96 bits per heavy atom. The van der Waals surface area contributed by atoms with Gasteiger partial charge in [-0.05, 0) is 42.7 Å². The lowest BCUT2D eigenvalue weighted by Gasteiger charge is -2.39. The average Bonchev–Trinajstić information content (AvgIpc) is 3.24. The van der Waals surface area contributed by atoms with Gasteiger partial charge >= 0.3 is 0 Å². The highest BCUT2D eigenvalue weighted by Gasteiger charge is 2.49. The van der Waals surface area contributed by atoms with Gasteiger partial charge in [0.05, 0.1) is 5.41 Å². The van der Waals surface area contributed by atoms with Crippen LogP contribution in [0.3, 0.4) is 0 Å². The molecule has 0 bridgehead atoms. The van der Waals surface area contributed by atoms with Gasteiger partial charge in [-0.15, -0.1) is 0 Å². The summed E-state index contributed by atoms with van der Waals surface area (Å²) in [4.78, 5) is 27.6. The standard InChI is InChI=1S/C19H17N5O2/c25-17(12-6-7-15-16(10-12)22-23-21-15)24-9-3-8-19(11-24)13-4-1-2-5-14(13)20-18(19)26/h1-2,4-7,10H,3,8-9,11H2,(H,20,26)(H,21,22,23). The fourth-order valence-electron chi connectivity index (χ4n) is 4.16. The molecule has 0 saturated carbocycles. The first-order valence-corrected chi connectivity index (χ1v) is 8.68. The van der Waals surface area contributed by atoms with Gasteiger partial charge in [0.1, 0.15) is 11.0 Å². The topological polar surface area (TPSA) is 91.0 Å². The monoisotopic (exact) mass is 347 g/mol. The first kappa shape index (κ1) is 15.1. The van der Waals surface area contributed by atoms with Crippen LogP contribution in [0.25, 0.3) is 11.0 Å². The van der Waals surface area contributed by atoms with Crippen LogP contribution in [0.2, 0.25) is 0 Å². The number of carbonyl (C=O) groups is 2. The van der Waals surface area contributed by atoms with E-state index in [1.165, 1.54) is 0 Å². The Hall–Kier alpha value is -3.22. The maximum atomic E-state index is 13.1. The first-order chi connectivity index (χ1) is 12.7. The summed E-state index contributed by atoms with van der Waals surface area (Å²) >= 11 is 0. The summed E-state index contributed by atoms with van der Waals surface area (Å²) in [6.45, 7) is 1.04. The SMILES string of the molecule is O=C(c1ccc2n[nH]nc2c1)N1CCCC2(C1)C(=O)Nc1ccccc12. The quantitative estimate of drug-likeness (QED) is 0.705. The van der Waals surface area contributed by atoms with Crippen LogP contribution in [0.4, 0.5) is 5.69 Å². The van der Waals surface area contributed by atoms with Crippen molar-refractivity contribution in [3.8, 4) is 0 Å². The maximum absolute atomic E-state index is 13.1. The number of likely N-dealkylation sites (tertiary alicyclic amines) is 1. The third kappa shape index (κ3) is 2.06. The molecule has 5 rings (SSSR count). The molecule has 0 aliphatic carbocycles. The third-order valence-corrected chi connectivity index (χ3v) is 5.47. The normalized spacial score (nSPS) is 21.8. The van der Waals surface area contributed by atoms with Crippen molar-refractivity contribution in [2.24, 2.45) is 0 Å². The van der Waals surface area contributed by atoms with Gasteiger partial charge in [0, 0.05) is 24.3 Å². The maximum Gasteiger partial charge on any atom is 0.253 e. The second-order valence-corrected chi connectivity index (χ2v) is 6.94. The number of nitrogens with one attached hydrogen (secondary N) is 2. The van der Waals surface area contributed by atoms with Gasteiger partial charge in [-0.2, -0.15) is 15.4 Å². The van der Waals surface area contributed by atoms with E-state index in [2.05, 4.69) is 20.7 Å². The highest BCUT2D eigenvalue weighted by Crippen LogP contribution is 2.43. The van der Waals surface area contributed by atoms with Crippen LogP contribution < -0.4 is 5.32 Å². The van der Waals surface area contributed by atoms with Crippen molar-refractivity contribution < 1.29 is 9.59 Å². The van der Waals surface area contributed by atoms with E-state index >= 15 is 0 Å². The molecule has 1 fully saturated rings. The lowest BCUT2D eigenvalue weighted by molar-refractivity contribution is -0.122. The van der Waals surface area contributed by atoms with Crippen molar-refractivity contribution in [2.75, 3.05) is 18.4 Å². The number of benzene rings is 2.